The first-order valence-corrected chi connectivity index (χ1v) is 4.94. The normalized spacial score (nSPS) is 5.50. The summed E-state index contributed by atoms with van der Waals surface area (Å²) >= 11 is 0.667. The molecule has 0 N–H and O–H groups in total. The molecule has 0 bridgehead atoms. The minimum absolute atomic E-state index is 0. The standard InChI is InChI=1S/2CH3.Au.BrH/h2*1H3;;1H. The molecule has 0 fully saturated rings. The van der Waals surface area contributed by atoms with Gasteiger partial charge in [0.05, 0.1) is 0 Å². The van der Waals surface area contributed by atoms with Gasteiger partial charge in [-0.25, -0.2) is 0 Å². The number of rotatable bonds is 0. The molecule has 0 aromatic rings. The predicted octanol–water partition coefficient (Wildman–Crippen LogP) is 1.74. The summed E-state index contributed by atoms with van der Waals surface area (Å²) in [6.45, 7) is 0. The molecule has 0 aliphatic rings. The van der Waals surface area contributed by atoms with Gasteiger partial charge >= 0.3 is 30.0 Å². The summed E-state index contributed by atoms with van der Waals surface area (Å²) in [6, 6.07) is 0. The summed E-state index contributed by atoms with van der Waals surface area (Å²) in [4.78, 5) is 0. The summed E-state index contributed by atoms with van der Waals surface area (Å²) in [5.41, 5.74) is 0. The Balaban J connectivity index is 0. The fraction of sp³-hybridized carbons (Fsp3) is 1.00. The quantitative estimate of drug-likeness (QED) is 0.598. The zero-order valence-corrected chi connectivity index (χ0v) is 6.59. The fourth-order valence-electron chi connectivity index (χ4n) is 0. The maximum absolute atomic E-state index is 2.22. The van der Waals surface area contributed by atoms with Crippen LogP contribution in [0.4, 0.5) is 0 Å². The number of halogens is 1. The second kappa shape index (κ2) is 8.88. The molecular formula is C2H7AuBr. The van der Waals surface area contributed by atoms with Crippen molar-refractivity contribution < 1.29 is 19.8 Å². The van der Waals surface area contributed by atoms with E-state index in [1.54, 1.807) is 0 Å². The van der Waals surface area contributed by atoms with E-state index in [9.17, 15) is 0 Å². The Labute approximate surface area is 47.1 Å². The zero-order chi connectivity index (χ0) is 2.71. The van der Waals surface area contributed by atoms with Crippen molar-refractivity contribution in [3.05, 3.63) is 0 Å². The molecule has 0 nitrogen and oxygen atoms in total. The molecule has 0 aromatic heterocycles. The topological polar surface area (TPSA) is 0 Å². The van der Waals surface area contributed by atoms with Gasteiger partial charge < -0.3 is 0 Å². The van der Waals surface area contributed by atoms with Gasteiger partial charge in [0.25, 0.3) is 0 Å². The average molecular weight is 308 g/mol. The van der Waals surface area contributed by atoms with Crippen LogP contribution in [0.2, 0.25) is 10.3 Å². The van der Waals surface area contributed by atoms with E-state index in [0.29, 0.717) is 19.8 Å². The molecule has 0 radical (unpaired) electrons. The Morgan fingerprint density at radius 2 is 1.25 bits per heavy atom. The summed E-state index contributed by atoms with van der Waals surface area (Å²) in [7, 11) is 0. The van der Waals surface area contributed by atoms with E-state index in [0.717, 1.165) is 0 Å². The summed E-state index contributed by atoms with van der Waals surface area (Å²) in [5, 5.41) is 4.44. The molecule has 0 aliphatic heterocycles. The first-order chi connectivity index (χ1) is 1.41. The van der Waals surface area contributed by atoms with Crippen molar-refractivity contribution in [2.75, 3.05) is 0 Å². The monoisotopic (exact) mass is 307 g/mol. The van der Waals surface area contributed by atoms with Gasteiger partial charge in [0.2, 0.25) is 0 Å². The van der Waals surface area contributed by atoms with E-state index >= 15 is 0 Å². The molecule has 4 heavy (non-hydrogen) atoms. The summed E-state index contributed by atoms with van der Waals surface area (Å²) in [6.07, 6.45) is 0. The van der Waals surface area contributed by atoms with Gasteiger partial charge in [-0.15, -0.1) is 17.0 Å². The van der Waals surface area contributed by atoms with Gasteiger partial charge in [0.1, 0.15) is 0 Å². The van der Waals surface area contributed by atoms with Crippen molar-refractivity contribution in [2.24, 2.45) is 0 Å². The Hall–Kier alpha value is 1.22. The van der Waals surface area contributed by atoms with Crippen LogP contribution in [0.25, 0.3) is 0 Å². The second-order valence-corrected chi connectivity index (χ2v) is 2.47. The van der Waals surface area contributed by atoms with Crippen LogP contribution in [0.15, 0.2) is 0 Å². The van der Waals surface area contributed by atoms with Crippen LogP contribution in [0.1, 0.15) is 0 Å². The molecule has 0 rings (SSSR count). The third kappa shape index (κ3) is 10.7. The third-order valence-corrected chi connectivity index (χ3v) is 0. The molecule has 2 heteroatoms. The van der Waals surface area contributed by atoms with Gasteiger partial charge in [-0.3, -0.25) is 0 Å². The van der Waals surface area contributed by atoms with Crippen LogP contribution in [-0.2, 0) is 19.8 Å². The molecular weight excluding hydrogens is 301 g/mol. The van der Waals surface area contributed by atoms with Gasteiger partial charge in [0, 0.05) is 0 Å². The van der Waals surface area contributed by atoms with Crippen LogP contribution in [0.3, 0.4) is 0 Å². The van der Waals surface area contributed by atoms with E-state index in [1.807, 2.05) is 0 Å². The van der Waals surface area contributed by atoms with Crippen molar-refractivity contribution in [3.8, 4) is 0 Å². The SMILES string of the molecule is Br.[CH3][Au][CH3]. The van der Waals surface area contributed by atoms with Crippen molar-refractivity contribution in [3.63, 3.8) is 0 Å². The van der Waals surface area contributed by atoms with Crippen molar-refractivity contribution in [2.45, 2.75) is 10.3 Å². The molecule has 0 aliphatic carbocycles. The van der Waals surface area contributed by atoms with Crippen LogP contribution in [0.5, 0.6) is 0 Å². The summed E-state index contributed by atoms with van der Waals surface area (Å²) < 4.78 is 0. The fourth-order valence-corrected chi connectivity index (χ4v) is 0. The van der Waals surface area contributed by atoms with Crippen molar-refractivity contribution in [1.29, 1.82) is 0 Å². The number of hydrogen-bond donors (Lipinski definition) is 0. The third-order valence-electron chi connectivity index (χ3n) is 0. The van der Waals surface area contributed by atoms with E-state index < -0.39 is 0 Å². The second-order valence-electron chi connectivity index (χ2n) is 0.302. The molecule has 0 heterocycles. The summed E-state index contributed by atoms with van der Waals surface area (Å²) in [5.74, 6) is 0. The van der Waals surface area contributed by atoms with E-state index in [4.69, 9.17) is 0 Å². The van der Waals surface area contributed by atoms with Gasteiger partial charge in [-0.05, 0) is 0 Å². The molecule has 33 valence electrons. The molecule has 0 unspecified atom stereocenters. The molecule has 0 atom stereocenters. The van der Waals surface area contributed by atoms with Crippen LogP contribution >= 0.6 is 17.0 Å². The minimum atomic E-state index is 0. The van der Waals surface area contributed by atoms with E-state index in [-0.39, 0.29) is 17.0 Å². The van der Waals surface area contributed by atoms with Crippen molar-refractivity contribution in [1.82, 2.24) is 0 Å². The first-order valence-electron chi connectivity index (χ1n) is 0.603. The van der Waals surface area contributed by atoms with Gasteiger partial charge in [0.15, 0.2) is 0 Å². The molecule has 0 aromatic carbocycles. The van der Waals surface area contributed by atoms with Gasteiger partial charge in [-0.1, -0.05) is 0 Å². The van der Waals surface area contributed by atoms with E-state index in [1.165, 1.54) is 0 Å². The maximum atomic E-state index is 2.22. The molecule has 0 saturated heterocycles. The molecule has 0 saturated carbocycles. The number of hydrogen-bond acceptors (Lipinski definition) is 0. The Bertz CT molecular complexity index is 6.00. The first kappa shape index (κ1) is 8.97. The Kier molecular flexibility index (Phi) is 19.9. The average Bonchev–Trinajstić information content (AvgIpc) is 0.918. The van der Waals surface area contributed by atoms with Crippen LogP contribution in [-0.4, -0.2) is 0 Å². The Morgan fingerprint density at radius 3 is 1.25 bits per heavy atom. The van der Waals surface area contributed by atoms with Crippen LogP contribution < -0.4 is 0 Å². The predicted molar refractivity (Wildman–Crippen MR) is 22.0 cm³/mol. The molecule has 0 amide bonds. The molecule has 0 spiro atoms. The van der Waals surface area contributed by atoms with Crippen molar-refractivity contribution >= 4 is 17.0 Å². The zero-order valence-electron chi connectivity index (χ0n) is 2.71. The van der Waals surface area contributed by atoms with Gasteiger partial charge in [-0.2, -0.15) is 0 Å². The Morgan fingerprint density at radius 1 is 1.25 bits per heavy atom. The van der Waals surface area contributed by atoms with E-state index in [2.05, 4.69) is 10.3 Å². The van der Waals surface area contributed by atoms with Crippen LogP contribution in [0, 0.1) is 0 Å².